The third kappa shape index (κ3) is 3.84. The molecular weight excluding hydrogens is 356 g/mol. The summed E-state index contributed by atoms with van der Waals surface area (Å²) in [5.41, 5.74) is 6.80. The molecule has 8 heteroatoms. The topological polar surface area (TPSA) is 90.0 Å². The van der Waals surface area contributed by atoms with Crippen LogP contribution in [0.15, 0.2) is 40.0 Å². The summed E-state index contributed by atoms with van der Waals surface area (Å²) in [5, 5.41) is 4.06. The van der Waals surface area contributed by atoms with Gasteiger partial charge in [0, 0.05) is 28.6 Å². The maximum Gasteiger partial charge on any atom is 0.241 e. The van der Waals surface area contributed by atoms with Crippen molar-refractivity contribution in [3.05, 3.63) is 40.6 Å². The van der Waals surface area contributed by atoms with Crippen LogP contribution in [-0.4, -0.2) is 24.2 Å². The molecule has 1 unspecified atom stereocenters. The number of hydrogen-bond acceptors (Lipinski definition) is 4. The molecule has 1 aromatic carbocycles. The zero-order valence-corrected chi connectivity index (χ0v) is 14.1. The molecule has 2 rings (SSSR count). The summed E-state index contributed by atoms with van der Waals surface area (Å²) >= 11 is 3.27. The molecule has 0 saturated carbocycles. The standard InChI is InChI=1S/C13H17BrN4O2S/c1-9(8-18-5-3-4-16-18)17-21(19,20)13-7-11(14)6-12(15)10(13)2/h3-7,9,17H,8,15H2,1-2H3. The van der Waals surface area contributed by atoms with E-state index in [1.807, 2.05) is 0 Å². The molecule has 0 aliphatic carbocycles. The van der Waals surface area contributed by atoms with E-state index in [9.17, 15) is 8.42 Å². The molecule has 0 fully saturated rings. The van der Waals surface area contributed by atoms with Gasteiger partial charge in [-0.1, -0.05) is 15.9 Å². The average molecular weight is 373 g/mol. The van der Waals surface area contributed by atoms with E-state index < -0.39 is 10.0 Å². The van der Waals surface area contributed by atoms with Crippen molar-refractivity contribution in [1.82, 2.24) is 14.5 Å². The van der Waals surface area contributed by atoms with Crippen LogP contribution in [0.25, 0.3) is 0 Å². The molecule has 0 saturated heterocycles. The van der Waals surface area contributed by atoms with Crippen molar-refractivity contribution in [3.8, 4) is 0 Å². The fourth-order valence-corrected chi connectivity index (χ4v) is 4.17. The zero-order chi connectivity index (χ0) is 15.6. The van der Waals surface area contributed by atoms with Gasteiger partial charge in [0.2, 0.25) is 10.0 Å². The minimum absolute atomic E-state index is 0.182. The Kier molecular flexibility index (Phi) is 4.70. The first-order valence-electron chi connectivity index (χ1n) is 6.35. The average Bonchev–Trinajstić information content (AvgIpc) is 2.85. The molecule has 1 heterocycles. The van der Waals surface area contributed by atoms with Crippen molar-refractivity contribution in [3.63, 3.8) is 0 Å². The highest BCUT2D eigenvalue weighted by molar-refractivity contribution is 9.10. The van der Waals surface area contributed by atoms with E-state index in [0.29, 0.717) is 22.3 Å². The van der Waals surface area contributed by atoms with Gasteiger partial charge >= 0.3 is 0 Å². The van der Waals surface area contributed by atoms with Crippen molar-refractivity contribution in [2.45, 2.75) is 31.3 Å². The molecule has 2 aromatic rings. The first kappa shape index (κ1) is 16.0. The van der Waals surface area contributed by atoms with Gasteiger partial charge in [-0.05, 0) is 37.6 Å². The maximum atomic E-state index is 12.5. The molecule has 0 radical (unpaired) electrons. The molecular formula is C13H17BrN4O2S. The van der Waals surface area contributed by atoms with E-state index in [-0.39, 0.29) is 10.9 Å². The largest absolute Gasteiger partial charge is 0.398 e. The van der Waals surface area contributed by atoms with Gasteiger partial charge in [-0.25, -0.2) is 13.1 Å². The summed E-state index contributed by atoms with van der Waals surface area (Å²) in [6.07, 6.45) is 3.44. The number of aromatic nitrogens is 2. The monoisotopic (exact) mass is 372 g/mol. The Morgan fingerprint density at radius 3 is 2.81 bits per heavy atom. The normalized spacial score (nSPS) is 13.3. The Bertz CT molecular complexity index is 729. The van der Waals surface area contributed by atoms with Gasteiger partial charge in [0.05, 0.1) is 11.4 Å². The maximum absolute atomic E-state index is 12.5. The Morgan fingerprint density at radius 2 is 2.19 bits per heavy atom. The van der Waals surface area contributed by atoms with Crippen LogP contribution in [0.4, 0.5) is 5.69 Å². The smallest absolute Gasteiger partial charge is 0.241 e. The fourth-order valence-electron chi connectivity index (χ4n) is 2.01. The Balaban J connectivity index is 2.22. The quantitative estimate of drug-likeness (QED) is 0.784. The molecule has 0 aliphatic rings. The number of halogens is 1. The van der Waals surface area contributed by atoms with E-state index in [1.165, 1.54) is 0 Å². The van der Waals surface area contributed by atoms with Crippen LogP contribution in [0.5, 0.6) is 0 Å². The minimum atomic E-state index is -3.64. The molecule has 21 heavy (non-hydrogen) atoms. The number of nitrogens with zero attached hydrogens (tertiary/aromatic N) is 2. The second-order valence-electron chi connectivity index (χ2n) is 4.87. The lowest BCUT2D eigenvalue weighted by Crippen LogP contribution is -2.36. The van der Waals surface area contributed by atoms with E-state index in [4.69, 9.17) is 5.73 Å². The third-order valence-electron chi connectivity index (χ3n) is 3.03. The van der Waals surface area contributed by atoms with Gasteiger partial charge < -0.3 is 5.73 Å². The lowest BCUT2D eigenvalue weighted by molar-refractivity contribution is 0.493. The highest BCUT2D eigenvalue weighted by Gasteiger charge is 2.21. The van der Waals surface area contributed by atoms with E-state index >= 15 is 0 Å². The number of hydrogen-bond donors (Lipinski definition) is 2. The predicted molar refractivity (Wildman–Crippen MR) is 85.3 cm³/mol. The van der Waals surface area contributed by atoms with Crippen molar-refractivity contribution < 1.29 is 8.42 Å². The van der Waals surface area contributed by atoms with Crippen LogP contribution in [0.2, 0.25) is 0 Å². The van der Waals surface area contributed by atoms with Gasteiger partial charge in [0.15, 0.2) is 0 Å². The SMILES string of the molecule is Cc1c(N)cc(Br)cc1S(=O)(=O)NC(C)Cn1cccn1. The Labute approximate surface area is 132 Å². The summed E-state index contributed by atoms with van der Waals surface area (Å²) in [7, 11) is -3.64. The number of sulfonamides is 1. The van der Waals surface area contributed by atoms with Crippen molar-refractivity contribution in [1.29, 1.82) is 0 Å². The zero-order valence-electron chi connectivity index (χ0n) is 11.7. The number of nitrogens with one attached hydrogen (secondary N) is 1. The molecule has 0 amide bonds. The second kappa shape index (κ2) is 6.17. The molecule has 0 aliphatic heterocycles. The van der Waals surface area contributed by atoms with E-state index in [0.717, 1.165) is 0 Å². The second-order valence-corrected chi connectivity index (χ2v) is 7.47. The minimum Gasteiger partial charge on any atom is -0.398 e. The molecule has 0 bridgehead atoms. The van der Waals surface area contributed by atoms with Crippen molar-refractivity contribution in [2.24, 2.45) is 0 Å². The molecule has 1 aromatic heterocycles. The van der Waals surface area contributed by atoms with Crippen LogP contribution in [0.3, 0.4) is 0 Å². The summed E-state index contributed by atoms with van der Waals surface area (Å²) in [6, 6.07) is 4.73. The number of nitrogen functional groups attached to an aromatic ring is 1. The first-order valence-corrected chi connectivity index (χ1v) is 8.62. The van der Waals surface area contributed by atoms with Crippen molar-refractivity contribution in [2.75, 3.05) is 5.73 Å². The molecule has 0 spiro atoms. The number of nitrogens with two attached hydrogens (primary N) is 1. The molecule has 3 N–H and O–H groups in total. The number of anilines is 1. The third-order valence-corrected chi connectivity index (χ3v) is 5.20. The van der Waals surface area contributed by atoms with Crippen LogP contribution in [0.1, 0.15) is 12.5 Å². The molecule has 1 atom stereocenters. The Morgan fingerprint density at radius 1 is 1.48 bits per heavy atom. The Hall–Kier alpha value is -1.38. The van der Waals surface area contributed by atoms with E-state index in [1.54, 1.807) is 49.1 Å². The number of rotatable bonds is 5. The number of benzene rings is 1. The van der Waals surface area contributed by atoms with Gasteiger partial charge in [0.25, 0.3) is 0 Å². The first-order chi connectivity index (χ1) is 9.79. The summed E-state index contributed by atoms with van der Waals surface area (Å²) in [5.74, 6) is 0. The summed E-state index contributed by atoms with van der Waals surface area (Å²) in [6.45, 7) is 3.93. The van der Waals surface area contributed by atoms with Crippen LogP contribution in [-0.2, 0) is 16.6 Å². The van der Waals surface area contributed by atoms with Gasteiger partial charge in [-0.2, -0.15) is 5.10 Å². The van der Waals surface area contributed by atoms with Crippen LogP contribution >= 0.6 is 15.9 Å². The summed E-state index contributed by atoms with van der Waals surface area (Å²) in [4.78, 5) is 0.182. The van der Waals surface area contributed by atoms with Gasteiger partial charge in [0.1, 0.15) is 0 Å². The highest BCUT2D eigenvalue weighted by atomic mass is 79.9. The van der Waals surface area contributed by atoms with Crippen LogP contribution < -0.4 is 10.5 Å². The lowest BCUT2D eigenvalue weighted by atomic mass is 10.2. The summed E-state index contributed by atoms with van der Waals surface area (Å²) < 4.78 is 29.9. The van der Waals surface area contributed by atoms with E-state index in [2.05, 4.69) is 25.8 Å². The highest BCUT2D eigenvalue weighted by Crippen LogP contribution is 2.26. The van der Waals surface area contributed by atoms with Gasteiger partial charge in [-0.3, -0.25) is 4.68 Å². The van der Waals surface area contributed by atoms with Gasteiger partial charge in [-0.15, -0.1) is 0 Å². The van der Waals surface area contributed by atoms with Crippen molar-refractivity contribution >= 4 is 31.6 Å². The lowest BCUT2D eigenvalue weighted by Gasteiger charge is -2.16. The fraction of sp³-hybridized carbons (Fsp3) is 0.308. The van der Waals surface area contributed by atoms with Crippen LogP contribution in [0, 0.1) is 6.92 Å². The predicted octanol–water partition coefficient (Wildman–Crippen LogP) is 1.90. The molecule has 6 nitrogen and oxygen atoms in total. The molecule has 114 valence electrons.